The van der Waals surface area contributed by atoms with Gasteiger partial charge < -0.3 is 5.73 Å². The average Bonchev–Trinajstić information content (AvgIpc) is 3.48. The number of thiophene rings is 2. The topological polar surface area (TPSA) is 92.7 Å². The van der Waals surface area contributed by atoms with Crippen LogP contribution in [-0.2, 0) is 25.7 Å². The fourth-order valence-electron chi connectivity index (χ4n) is 6.60. The van der Waals surface area contributed by atoms with Crippen LogP contribution in [0.4, 0.5) is 0 Å². The molecule has 2 aliphatic carbocycles. The molecular formula is C32H38N4OS2. The second-order valence-corrected chi connectivity index (χ2v) is 14.3. The molecule has 2 aliphatic rings. The number of aromatic nitrogens is 2. The monoisotopic (exact) mass is 558 g/mol. The number of carbonyl (C=O) groups is 1. The third-order valence-electron chi connectivity index (χ3n) is 8.82. The molecular weight excluding hydrogens is 521 g/mol. The van der Waals surface area contributed by atoms with Gasteiger partial charge in [-0.3, -0.25) is 4.79 Å². The zero-order valence-electron chi connectivity index (χ0n) is 23.7. The van der Waals surface area contributed by atoms with Gasteiger partial charge in [0.1, 0.15) is 20.6 Å². The molecule has 39 heavy (non-hydrogen) atoms. The number of nitrogens with zero attached hydrogens (tertiary/aromatic N) is 3. The SMILES string of the molecule is CC(C)C1Cc2cc3cc(C#N)sc3nc2CC1C.CC(C)C1Cc2cc3cc(C(N)=O)sc3nc2CC1C. The maximum atomic E-state index is 11.3. The van der Waals surface area contributed by atoms with Crippen molar-refractivity contribution in [3.8, 4) is 6.07 Å². The van der Waals surface area contributed by atoms with E-state index in [2.05, 4.69) is 59.7 Å². The summed E-state index contributed by atoms with van der Waals surface area (Å²) in [5, 5.41) is 11.2. The Balaban J connectivity index is 0.000000158. The van der Waals surface area contributed by atoms with Gasteiger partial charge in [-0.25, -0.2) is 9.97 Å². The average molecular weight is 559 g/mol. The van der Waals surface area contributed by atoms with E-state index in [1.54, 1.807) is 0 Å². The van der Waals surface area contributed by atoms with E-state index < -0.39 is 0 Å². The molecule has 0 saturated carbocycles. The van der Waals surface area contributed by atoms with E-state index >= 15 is 0 Å². The Hall–Kier alpha value is -2.82. The van der Waals surface area contributed by atoms with Gasteiger partial charge in [0.25, 0.3) is 5.91 Å². The van der Waals surface area contributed by atoms with E-state index in [0.717, 1.165) is 68.7 Å². The van der Waals surface area contributed by atoms with E-state index in [1.165, 1.54) is 45.2 Å². The van der Waals surface area contributed by atoms with Crippen molar-refractivity contribution < 1.29 is 4.79 Å². The van der Waals surface area contributed by atoms with Gasteiger partial charge >= 0.3 is 0 Å². The standard InChI is InChI=1S/C16H20N2OS.C16H18N2S/c1-8(2)12-6-10-5-11-7-14(15(17)19)20-16(11)18-13(10)4-9(12)3;1-9(2)14-7-11-5-12-6-13(8-17)19-16(12)18-15(11)4-10(14)3/h5,7-9,12H,4,6H2,1-3H3,(H2,17,19);5-6,9-10,14H,4,7H2,1-3H3. The lowest BCUT2D eigenvalue weighted by molar-refractivity contribution is 0.100. The minimum Gasteiger partial charge on any atom is -0.365 e. The van der Waals surface area contributed by atoms with Gasteiger partial charge in [0.15, 0.2) is 0 Å². The smallest absolute Gasteiger partial charge is 0.258 e. The van der Waals surface area contributed by atoms with E-state index in [1.807, 2.05) is 12.1 Å². The molecule has 0 bridgehead atoms. The van der Waals surface area contributed by atoms with E-state index in [-0.39, 0.29) is 5.91 Å². The minimum absolute atomic E-state index is 0.362. The molecule has 4 atom stereocenters. The number of hydrogen-bond acceptors (Lipinski definition) is 6. The van der Waals surface area contributed by atoms with Crippen LogP contribution >= 0.6 is 22.7 Å². The summed E-state index contributed by atoms with van der Waals surface area (Å²) in [7, 11) is 0. The van der Waals surface area contributed by atoms with Gasteiger partial charge in [0.2, 0.25) is 0 Å². The second kappa shape index (κ2) is 11.0. The molecule has 4 aromatic rings. The third kappa shape index (κ3) is 5.60. The Morgan fingerprint density at radius 3 is 1.79 bits per heavy atom. The molecule has 6 rings (SSSR count). The van der Waals surface area contributed by atoms with E-state index in [4.69, 9.17) is 21.0 Å². The normalized spacial score (nSPS) is 22.3. The Kier molecular flexibility index (Phi) is 7.81. The first-order chi connectivity index (χ1) is 18.5. The molecule has 0 saturated heterocycles. The minimum atomic E-state index is -0.362. The number of primary amides is 1. The Labute approximate surface area is 239 Å². The molecule has 5 nitrogen and oxygen atoms in total. The van der Waals surface area contributed by atoms with Gasteiger partial charge in [0.05, 0.1) is 4.88 Å². The van der Waals surface area contributed by atoms with Crippen LogP contribution in [0, 0.1) is 46.8 Å². The lowest BCUT2D eigenvalue weighted by Gasteiger charge is -2.33. The fraction of sp³-hybridized carbons (Fsp3) is 0.500. The first-order valence-electron chi connectivity index (χ1n) is 14.1. The fourth-order valence-corrected chi connectivity index (χ4v) is 8.31. The number of carbonyl (C=O) groups excluding carboxylic acids is 1. The number of nitriles is 1. The summed E-state index contributed by atoms with van der Waals surface area (Å²) >= 11 is 2.91. The molecule has 1 amide bonds. The maximum absolute atomic E-state index is 11.3. The van der Waals surface area contributed by atoms with Crippen LogP contribution in [0.1, 0.15) is 78.6 Å². The molecule has 7 heteroatoms. The van der Waals surface area contributed by atoms with Crippen LogP contribution in [0.25, 0.3) is 20.4 Å². The molecule has 4 unspecified atom stereocenters. The van der Waals surface area contributed by atoms with Crippen LogP contribution < -0.4 is 5.73 Å². The van der Waals surface area contributed by atoms with Crippen molar-refractivity contribution in [1.29, 1.82) is 5.26 Å². The zero-order valence-corrected chi connectivity index (χ0v) is 25.4. The zero-order chi connectivity index (χ0) is 28.0. The first kappa shape index (κ1) is 27.7. The highest BCUT2D eigenvalue weighted by molar-refractivity contribution is 7.20. The van der Waals surface area contributed by atoms with Crippen molar-refractivity contribution in [2.75, 3.05) is 0 Å². The number of amides is 1. The Bertz CT molecular complexity index is 1570. The van der Waals surface area contributed by atoms with Crippen molar-refractivity contribution in [3.05, 3.63) is 56.5 Å². The van der Waals surface area contributed by atoms with Crippen molar-refractivity contribution in [3.63, 3.8) is 0 Å². The number of hydrogen-bond donors (Lipinski definition) is 1. The quantitative estimate of drug-likeness (QED) is 0.280. The van der Waals surface area contributed by atoms with Gasteiger partial charge in [-0.1, -0.05) is 41.5 Å². The molecule has 0 aromatic carbocycles. The number of nitrogens with two attached hydrogens (primary N) is 1. The highest BCUT2D eigenvalue weighted by atomic mass is 32.1. The van der Waals surface area contributed by atoms with Crippen LogP contribution in [0.15, 0.2) is 24.3 Å². The number of pyridine rings is 2. The van der Waals surface area contributed by atoms with Crippen molar-refractivity contribution in [1.82, 2.24) is 9.97 Å². The number of rotatable bonds is 3. The molecule has 4 aromatic heterocycles. The van der Waals surface area contributed by atoms with E-state index in [9.17, 15) is 4.79 Å². The van der Waals surface area contributed by atoms with Crippen molar-refractivity contribution in [2.45, 2.75) is 67.2 Å². The molecule has 204 valence electrons. The van der Waals surface area contributed by atoms with Crippen LogP contribution in [0.2, 0.25) is 0 Å². The summed E-state index contributed by atoms with van der Waals surface area (Å²) in [4.78, 5) is 24.2. The lowest BCUT2D eigenvalue weighted by atomic mass is 9.73. The molecule has 2 N–H and O–H groups in total. The Morgan fingerprint density at radius 2 is 1.33 bits per heavy atom. The predicted molar refractivity (Wildman–Crippen MR) is 162 cm³/mol. The van der Waals surface area contributed by atoms with Crippen molar-refractivity contribution in [2.24, 2.45) is 41.2 Å². The first-order valence-corrected chi connectivity index (χ1v) is 15.7. The van der Waals surface area contributed by atoms with Gasteiger partial charge in [-0.05, 0) is 96.6 Å². The summed E-state index contributed by atoms with van der Waals surface area (Å²) in [5.41, 5.74) is 10.6. The molecule has 0 spiro atoms. The summed E-state index contributed by atoms with van der Waals surface area (Å²) < 4.78 is 0. The molecule has 4 heterocycles. The largest absolute Gasteiger partial charge is 0.365 e. The summed E-state index contributed by atoms with van der Waals surface area (Å²) in [6, 6.07) is 10.5. The Morgan fingerprint density at radius 1 is 0.846 bits per heavy atom. The van der Waals surface area contributed by atoms with Gasteiger partial charge in [0, 0.05) is 22.2 Å². The predicted octanol–water partition coefficient (Wildman–Crippen LogP) is 7.58. The molecule has 0 radical (unpaired) electrons. The third-order valence-corrected chi connectivity index (χ3v) is 10.8. The molecule has 0 fully saturated rings. The van der Waals surface area contributed by atoms with E-state index in [0.29, 0.717) is 22.6 Å². The summed E-state index contributed by atoms with van der Waals surface area (Å²) in [6.07, 6.45) is 4.35. The van der Waals surface area contributed by atoms with Gasteiger partial charge in [-0.15, -0.1) is 22.7 Å². The summed E-state index contributed by atoms with van der Waals surface area (Å²) in [6.45, 7) is 13.9. The van der Waals surface area contributed by atoms with Crippen LogP contribution in [0.3, 0.4) is 0 Å². The van der Waals surface area contributed by atoms with Gasteiger partial charge in [-0.2, -0.15) is 5.26 Å². The second-order valence-electron chi connectivity index (χ2n) is 12.3. The highest BCUT2D eigenvalue weighted by Crippen LogP contribution is 2.38. The lowest BCUT2D eigenvalue weighted by Crippen LogP contribution is -2.27. The molecule has 0 aliphatic heterocycles. The highest BCUT2D eigenvalue weighted by Gasteiger charge is 2.30. The number of fused-ring (bicyclic) bond motifs is 4. The summed E-state index contributed by atoms with van der Waals surface area (Å²) in [5.74, 6) is 3.89. The van der Waals surface area contributed by atoms with Crippen LogP contribution in [-0.4, -0.2) is 15.9 Å². The van der Waals surface area contributed by atoms with Crippen molar-refractivity contribution >= 4 is 49.0 Å². The van der Waals surface area contributed by atoms with Crippen LogP contribution in [0.5, 0.6) is 0 Å². The maximum Gasteiger partial charge on any atom is 0.258 e.